The fraction of sp³-hybridized carbons (Fsp3) is 0.611. The third-order valence-electron chi connectivity index (χ3n) is 5.13. The number of piperidine rings is 1. The van der Waals surface area contributed by atoms with Crippen molar-refractivity contribution in [2.75, 3.05) is 39.9 Å². The minimum atomic E-state index is -0.562. The van der Waals surface area contributed by atoms with Gasteiger partial charge in [-0.15, -0.1) is 0 Å². The molecule has 2 heterocycles. The summed E-state index contributed by atoms with van der Waals surface area (Å²) in [5.74, 6) is 0.669. The van der Waals surface area contributed by atoms with Gasteiger partial charge >= 0.3 is 0 Å². The summed E-state index contributed by atoms with van der Waals surface area (Å²) in [4.78, 5) is 16.3. The monoisotopic (exact) mass is 318 g/mol. The molecule has 0 radical (unpaired) electrons. The molecule has 1 aromatic carbocycles. The summed E-state index contributed by atoms with van der Waals surface area (Å²) in [6, 6.07) is 10.4. The third kappa shape index (κ3) is 3.91. The van der Waals surface area contributed by atoms with E-state index in [1.54, 1.807) is 11.9 Å². The van der Waals surface area contributed by atoms with Gasteiger partial charge in [0.15, 0.2) is 0 Å². The van der Waals surface area contributed by atoms with E-state index < -0.39 is 6.10 Å². The molecule has 5 heteroatoms. The number of hydrogen-bond donors (Lipinski definition) is 1. The number of rotatable bonds is 4. The predicted molar refractivity (Wildman–Crippen MR) is 88.2 cm³/mol. The van der Waals surface area contributed by atoms with Crippen molar-refractivity contribution in [3.05, 3.63) is 35.9 Å². The van der Waals surface area contributed by atoms with Gasteiger partial charge in [-0.3, -0.25) is 9.69 Å². The maximum absolute atomic E-state index is 12.4. The Morgan fingerprint density at radius 3 is 2.57 bits per heavy atom. The highest BCUT2D eigenvalue weighted by Gasteiger charge is 2.33. The number of amides is 1. The Balaban J connectivity index is 1.47. The van der Waals surface area contributed by atoms with Crippen LogP contribution in [-0.2, 0) is 9.53 Å². The summed E-state index contributed by atoms with van der Waals surface area (Å²) in [5.41, 5.74) is 1.40. The first kappa shape index (κ1) is 16.4. The van der Waals surface area contributed by atoms with Crippen LogP contribution >= 0.6 is 0 Å². The number of carbonyl (C=O) groups is 1. The number of likely N-dealkylation sites (N-methyl/N-ethyl adjacent to an activating group) is 1. The van der Waals surface area contributed by atoms with E-state index in [4.69, 9.17) is 4.74 Å². The van der Waals surface area contributed by atoms with Gasteiger partial charge in [0.05, 0.1) is 31.9 Å². The van der Waals surface area contributed by atoms with Crippen LogP contribution in [-0.4, -0.2) is 72.9 Å². The Bertz CT molecular complexity index is 514. The molecule has 1 N–H and O–H groups in total. The second-order valence-electron chi connectivity index (χ2n) is 6.64. The average molecular weight is 318 g/mol. The highest BCUT2D eigenvalue weighted by Crippen LogP contribution is 2.27. The first-order valence-corrected chi connectivity index (χ1v) is 8.44. The van der Waals surface area contributed by atoms with Crippen LogP contribution in [0.3, 0.4) is 0 Å². The summed E-state index contributed by atoms with van der Waals surface area (Å²) in [6.07, 6.45) is 1.62. The molecule has 1 aromatic rings. The molecule has 2 fully saturated rings. The number of likely N-dealkylation sites (tertiary alicyclic amines) is 1. The number of ether oxygens (including phenoxy) is 1. The molecule has 0 spiro atoms. The van der Waals surface area contributed by atoms with Gasteiger partial charge in [-0.2, -0.15) is 0 Å². The van der Waals surface area contributed by atoms with E-state index in [0.29, 0.717) is 25.7 Å². The Kier molecular flexibility index (Phi) is 5.30. The lowest BCUT2D eigenvalue weighted by Gasteiger charge is -2.34. The zero-order valence-corrected chi connectivity index (χ0v) is 13.7. The van der Waals surface area contributed by atoms with E-state index in [9.17, 15) is 9.90 Å². The highest BCUT2D eigenvalue weighted by molar-refractivity contribution is 5.78. The minimum Gasteiger partial charge on any atom is -0.388 e. The SMILES string of the molecule is CN(C(=O)CN1CCC(c2ccccc2)CC1)[C@H]1COC[C@@H]1O. The Morgan fingerprint density at radius 1 is 1.26 bits per heavy atom. The normalized spacial score (nSPS) is 26.3. The van der Waals surface area contributed by atoms with Crippen LogP contribution in [0.4, 0.5) is 0 Å². The van der Waals surface area contributed by atoms with Gasteiger partial charge in [-0.05, 0) is 37.4 Å². The lowest BCUT2D eigenvalue weighted by atomic mass is 9.89. The summed E-state index contributed by atoms with van der Waals surface area (Å²) in [5, 5.41) is 9.84. The quantitative estimate of drug-likeness (QED) is 0.903. The van der Waals surface area contributed by atoms with E-state index in [2.05, 4.69) is 29.2 Å². The predicted octanol–water partition coefficient (Wildman–Crippen LogP) is 1.08. The van der Waals surface area contributed by atoms with E-state index in [1.807, 2.05) is 6.07 Å². The number of benzene rings is 1. The number of carbonyl (C=O) groups excluding carboxylic acids is 1. The van der Waals surface area contributed by atoms with Gasteiger partial charge < -0.3 is 14.7 Å². The first-order chi connectivity index (χ1) is 11.1. The average Bonchev–Trinajstić information content (AvgIpc) is 3.01. The molecule has 0 unspecified atom stereocenters. The summed E-state index contributed by atoms with van der Waals surface area (Å²) in [7, 11) is 1.77. The molecule has 0 aliphatic carbocycles. The van der Waals surface area contributed by atoms with Crippen LogP contribution in [0.15, 0.2) is 30.3 Å². The molecule has 2 aliphatic rings. The fourth-order valence-electron chi connectivity index (χ4n) is 3.54. The summed E-state index contributed by atoms with van der Waals surface area (Å²) in [6.45, 7) is 3.08. The Labute approximate surface area is 137 Å². The van der Waals surface area contributed by atoms with Crippen molar-refractivity contribution in [1.29, 1.82) is 0 Å². The fourth-order valence-corrected chi connectivity index (χ4v) is 3.54. The Hall–Kier alpha value is -1.43. The van der Waals surface area contributed by atoms with Crippen LogP contribution in [0, 0.1) is 0 Å². The minimum absolute atomic E-state index is 0.0673. The molecule has 2 atom stereocenters. The molecule has 5 nitrogen and oxygen atoms in total. The maximum Gasteiger partial charge on any atom is 0.236 e. The molecule has 0 saturated carbocycles. The van der Waals surface area contributed by atoms with Gasteiger partial charge in [-0.1, -0.05) is 30.3 Å². The molecule has 126 valence electrons. The van der Waals surface area contributed by atoms with E-state index in [-0.39, 0.29) is 11.9 Å². The number of aliphatic hydroxyl groups is 1. The zero-order chi connectivity index (χ0) is 16.2. The molecule has 3 rings (SSSR count). The molecular formula is C18H26N2O3. The van der Waals surface area contributed by atoms with Gasteiger partial charge in [0.2, 0.25) is 5.91 Å². The van der Waals surface area contributed by atoms with Crippen LogP contribution in [0.25, 0.3) is 0 Å². The smallest absolute Gasteiger partial charge is 0.236 e. The second kappa shape index (κ2) is 7.43. The first-order valence-electron chi connectivity index (χ1n) is 8.44. The number of hydrogen-bond acceptors (Lipinski definition) is 4. The van der Waals surface area contributed by atoms with Crippen molar-refractivity contribution >= 4 is 5.91 Å². The third-order valence-corrected chi connectivity index (χ3v) is 5.13. The van der Waals surface area contributed by atoms with Crippen molar-refractivity contribution in [2.45, 2.75) is 30.9 Å². The largest absolute Gasteiger partial charge is 0.388 e. The van der Waals surface area contributed by atoms with E-state index >= 15 is 0 Å². The lowest BCUT2D eigenvalue weighted by Crippen LogP contribution is -2.49. The number of aliphatic hydroxyl groups excluding tert-OH is 1. The topological polar surface area (TPSA) is 53.0 Å². The zero-order valence-electron chi connectivity index (χ0n) is 13.7. The maximum atomic E-state index is 12.4. The molecular weight excluding hydrogens is 292 g/mol. The van der Waals surface area contributed by atoms with Gasteiger partial charge in [0.25, 0.3) is 0 Å². The van der Waals surface area contributed by atoms with Crippen LogP contribution in [0.5, 0.6) is 0 Å². The van der Waals surface area contributed by atoms with Crippen molar-refractivity contribution < 1.29 is 14.6 Å². The van der Waals surface area contributed by atoms with Crippen LogP contribution in [0.2, 0.25) is 0 Å². The highest BCUT2D eigenvalue weighted by atomic mass is 16.5. The Morgan fingerprint density at radius 2 is 1.96 bits per heavy atom. The van der Waals surface area contributed by atoms with Gasteiger partial charge in [0.1, 0.15) is 0 Å². The summed E-state index contributed by atoms with van der Waals surface area (Å²) < 4.78 is 5.24. The molecule has 0 bridgehead atoms. The van der Waals surface area contributed by atoms with Crippen molar-refractivity contribution in [3.8, 4) is 0 Å². The molecule has 2 aliphatic heterocycles. The van der Waals surface area contributed by atoms with Gasteiger partial charge in [-0.25, -0.2) is 0 Å². The van der Waals surface area contributed by atoms with Gasteiger partial charge in [0, 0.05) is 7.05 Å². The standard InChI is InChI=1S/C18H26N2O3/c1-19(16-12-23-13-17(16)21)18(22)11-20-9-7-15(8-10-20)14-5-3-2-4-6-14/h2-6,15-17,21H,7-13H2,1H3/t16-,17-/m0/s1. The van der Waals surface area contributed by atoms with Crippen molar-refractivity contribution in [1.82, 2.24) is 9.80 Å². The second-order valence-corrected chi connectivity index (χ2v) is 6.64. The van der Waals surface area contributed by atoms with Crippen molar-refractivity contribution in [3.63, 3.8) is 0 Å². The molecule has 23 heavy (non-hydrogen) atoms. The van der Waals surface area contributed by atoms with Crippen molar-refractivity contribution in [2.24, 2.45) is 0 Å². The molecule has 0 aromatic heterocycles. The molecule has 1 amide bonds. The lowest BCUT2D eigenvalue weighted by molar-refractivity contribution is -0.134. The number of nitrogens with zero attached hydrogens (tertiary/aromatic N) is 2. The van der Waals surface area contributed by atoms with E-state index in [1.165, 1.54) is 5.56 Å². The molecule has 2 saturated heterocycles. The van der Waals surface area contributed by atoms with Crippen LogP contribution in [0.1, 0.15) is 24.3 Å². The van der Waals surface area contributed by atoms with E-state index in [0.717, 1.165) is 25.9 Å². The van der Waals surface area contributed by atoms with Crippen LogP contribution < -0.4 is 0 Å². The summed E-state index contributed by atoms with van der Waals surface area (Å²) >= 11 is 0.